The molecule has 136 valence electrons. The van der Waals surface area contributed by atoms with Crippen LogP contribution >= 0.6 is 0 Å². The Morgan fingerprint density at radius 2 is 1.80 bits per heavy atom. The van der Waals surface area contributed by atoms with Gasteiger partial charge in [0.05, 0.1) is 18.1 Å². The molecule has 2 saturated heterocycles. The molecule has 2 fully saturated rings. The molecule has 25 heavy (non-hydrogen) atoms. The van der Waals surface area contributed by atoms with Crippen molar-refractivity contribution < 1.29 is 8.42 Å². The Hall–Kier alpha value is -1.67. The van der Waals surface area contributed by atoms with Gasteiger partial charge in [0.25, 0.3) is 0 Å². The van der Waals surface area contributed by atoms with Gasteiger partial charge in [-0.1, -0.05) is 0 Å². The van der Waals surface area contributed by atoms with Gasteiger partial charge in [-0.05, 0) is 31.7 Å². The predicted molar refractivity (Wildman–Crippen MR) is 98.3 cm³/mol. The molecule has 2 aromatic rings. The number of sulfonamides is 1. The topological polar surface area (TPSA) is 71.3 Å². The quantitative estimate of drug-likeness (QED) is 0.830. The third-order valence-corrected chi connectivity index (χ3v) is 6.76. The minimum Gasteiger partial charge on any atom is -0.355 e. The highest BCUT2D eigenvalue weighted by Crippen LogP contribution is 2.33. The van der Waals surface area contributed by atoms with Gasteiger partial charge in [-0.25, -0.2) is 22.7 Å². The molecule has 8 heteroatoms. The van der Waals surface area contributed by atoms with Crippen LogP contribution in [0.2, 0.25) is 0 Å². The number of piperidine rings is 1. The van der Waals surface area contributed by atoms with Gasteiger partial charge in [0.1, 0.15) is 5.52 Å². The average Bonchev–Trinajstić information content (AvgIpc) is 3.24. The molecule has 4 heterocycles. The van der Waals surface area contributed by atoms with E-state index >= 15 is 0 Å². The third kappa shape index (κ3) is 3.13. The lowest BCUT2D eigenvalue weighted by Crippen LogP contribution is -2.37. The van der Waals surface area contributed by atoms with Crippen molar-refractivity contribution in [1.29, 1.82) is 0 Å². The Morgan fingerprint density at radius 1 is 1.12 bits per heavy atom. The first-order chi connectivity index (χ1) is 11.9. The Morgan fingerprint density at radius 3 is 2.44 bits per heavy atom. The number of nitrogens with zero attached hydrogens (tertiary/aromatic N) is 5. The zero-order valence-corrected chi connectivity index (χ0v) is 15.7. The summed E-state index contributed by atoms with van der Waals surface area (Å²) >= 11 is 0. The molecule has 2 aliphatic heterocycles. The van der Waals surface area contributed by atoms with Crippen molar-refractivity contribution in [3.05, 3.63) is 18.1 Å². The summed E-state index contributed by atoms with van der Waals surface area (Å²) in [6.07, 6.45) is 7.19. The minimum absolute atomic E-state index is 0.304. The molecular formula is C17H25N5O2S. The Bertz CT molecular complexity index is 878. The van der Waals surface area contributed by atoms with Gasteiger partial charge >= 0.3 is 0 Å². The van der Waals surface area contributed by atoms with Crippen LogP contribution in [0, 0.1) is 0 Å². The fraction of sp³-hybridized carbons (Fsp3) is 0.647. The molecule has 2 aliphatic rings. The van der Waals surface area contributed by atoms with Crippen LogP contribution in [-0.2, 0) is 17.1 Å². The summed E-state index contributed by atoms with van der Waals surface area (Å²) in [5.41, 5.74) is 3.16. The normalized spacial score (nSPS) is 20.6. The van der Waals surface area contributed by atoms with Crippen molar-refractivity contribution in [1.82, 2.24) is 18.8 Å². The maximum atomic E-state index is 11.7. The maximum Gasteiger partial charge on any atom is 0.211 e. The first-order valence-electron chi connectivity index (χ1n) is 8.95. The highest BCUT2D eigenvalue weighted by molar-refractivity contribution is 7.88. The summed E-state index contributed by atoms with van der Waals surface area (Å²) in [6, 6.07) is 2.14. The summed E-state index contributed by atoms with van der Waals surface area (Å²) < 4.78 is 27.1. The van der Waals surface area contributed by atoms with Gasteiger partial charge < -0.3 is 9.47 Å². The van der Waals surface area contributed by atoms with E-state index in [4.69, 9.17) is 4.98 Å². The molecule has 0 bridgehead atoms. The number of aromatic nitrogens is 3. The van der Waals surface area contributed by atoms with Crippen molar-refractivity contribution in [2.75, 3.05) is 37.3 Å². The Balaban J connectivity index is 1.67. The third-order valence-electron chi connectivity index (χ3n) is 5.46. The SMILES string of the molecule is Cn1cnc2c(N3CCCC3)nc(C3CCN(S(C)(=O)=O)CC3)cc21. The minimum atomic E-state index is -3.09. The van der Waals surface area contributed by atoms with E-state index in [1.54, 1.807) is 4.31 Å². The van der Waals surface area contributed by atoms with Gasteiger partial charge in [0.2, 0.25) is 10.0 Å². The highest BCUT2D eigenvalue weighted by Gasteiger charge is 2.28. The maximum absolute atomic E-state index is 11.7. The van der Waals surface area contributed by atoms with Crippen molar-refractivity contribution in [2.24, 2.45) is 7.05 Å². The van der Waals surface area contributed by atoms with Crippen molar-refractivity contribution in [3.63, 3.8) is 0 Å². The zero-order valence-electron chi connectivity index (χ0n) is 14.8. The van der Waals surface area contributed by atoms with Crippen LogP contribution in [0.1, 0.15) is 37.3 Å². The first-order valence-corrected chi connectivity index (χ1v) is 10.8. The summed E-state index contributed by atoms with van der Waals surface area (Å²) in [5, 5.41) is 0. The molecule has 0 radical (unpaired) electrons. The van der Waals surface area contributed by atoms with Crippen LogP contribution in [0.15, 0.2) is 12.4 Å². The molecular weight excluding hydrogens is 338 g/mol. The largest absolute Gasteiger partial charge is 0.355 e. The summed E-state index contributed by atoms with van der Waals surface area (Å²) in [5.74, 6) is 1.30. The Kier molecular flexibility index (Phi) is 4.19. The number of anilines is 1. The zero-order chi connectivity index (χ0) is 17.6. The number of imidazole rings is 1. The van der Waals surface area contributed by atoms with Crippen LogP contribution in [0.25, 0.3) is 11.0 Å². The molecule has 0 aromatic carbocycles. The number of pyridine rings is 1. The van der Waals surface area contributed by atoms with E-state index in [1.807, 2.05) is 17.9 Å². The van der Waals surface area contributed by atoms with Crippen LogP contribution < -0.4 is 4.90 Å². The summed E-state index contributed by atoms with van der Waals surface area (Å²) in [4.78, 5) is 11.9. The molecule has 0 unspecified atom stereocenters. The monoisotopic (exact) mass is 363 g/mol. The number of aryl methyl sites for hydroxylation is 1. The molecule has 0 saturated carbocycles. The second-order valence-corrected chi connectivity index (χ2v) is 9.21. The van der Waals surface area contributed by atoms with E-state index in [1.165, 1.54) is 19.1 Å². The predicted octanol–water partition coefficient (Wildman–Crippen LogP) is 1.71. The van der Waals surface area contributed by atoms with Gasteiger partial charge in [-0.3, -0.25) is 0 Å². The van der Waals surface area contributed by atoms with Gasteiger partial charge in [0.15, 0.2) is 5.82 Å². The van der Waals surface area contributed by atoms with Crippen molar-refractivity contribution in [2.45, 2.75) is 31.6 Å². The highest BCUT2D eigenvalue weighted by atomic mass is 32.2. The van der Waals surface area contributed by atoms with Gasteiger partial charge in [0, 0.05) is 44.8 Å². The van der Waals surface area contributed by atoms with E-state index in [2.05, 4.69) is 16.0 Å². The number of fused-ring (bicyclic) bond motifs is 1. The molecule has 0 N–H and O–H groups in total. The van der Waals surface area contributed by atoms with E-state index in [9.17, 15) is 8.42 Å². The van der Waals surface area contributed by atoms with E-state index < -0.39 is 10.0 Å². The molecule has 0 aliphatic carbocycles. The molecule has 0 amide bonds. The number of hydrogen-bond donors (Lipinski definition) is 0. The smallest absolute Gasteiger partial charge is 0.211 e. The average molecular weight is 363 g/mol. The second kappa shape index (κ2) is 6.25. The van der Waals surface area contributed by atoms with E-state index in [0.717, 1.165) is 48.5 Å². The first kappa shape index (κ1) is 16.8. The fourth-order valence-corrected chi connectivity index (χ4v) is 4.85. The Labute approximate surface area is 148 Å². The van der Waals surface area contributed by atoms with Crippen LogP contribution in [-0.4, -0.2) is 59.7 Å². The van der Waals surface area contributed by atoms with Crippen molar-refractivity contribution in [3.8, 4) is 0 Å². The molecule has 4 rings (SSSR count). The van der Waals surface area contributed by atoms with Crippen LogP contribution in [0.5, 0.6) is 0 Å². The molecule has 0 atom stereocenters. The lowest BCUT2D eigenvalue weighted by atomic mass is 9.94. The van der Waals surface area contributed by atoms with Crippen LogP contribution in [0.4, 0.5) is 5.82 Å². The van der Waals surface area contributed by atoms with Crippen LogP contribution in [0.3, 0.4) is 0 Å². The molecule has 2 aromatic heterocycles. The lowest BCUT2D eigenvalue weighted by molar-refractivity contribution is 0.319. The number of hydrogen-bond acceptors (Lipinski definition) is 5. The van der Waals surface area contributed by atoms with E-state index in [0.29, 0.717) is 19.0 Å². The molecule has 0 spiro atoms. The standard InChI is InChI=1S/C17H25N5O2S/c1-20-12-18-16-15(20)11-14(19-17(16)21-7-3-4-8-21)13-5-9-22(10-6-13)25(2,23)24/h11-13H,3-10H2,1-2H3. The number of rotatable bonds is 3. The van der Waals surface area contributed by atoms with E-state index in [-0.39, 0.29) is 0 Å². The van der Waals surface area contributed by atoms with Crippen molar-refractivity contribution >= 4 is 26.9 Å². The fourth-order valence-electron chi connectivity index (χ4n) is 3.97. The summed E-state index contributed by atoms with van der Waals surface area (Å²) in [7, 11) is -1.08. The molecule has 7 nitrogen and oxygen atoms in total. The lowest BCUT2D eigenvalue weighted by Gasteiger charge is -2.30. The van der Waals surface area contributed by atoms with Gasteiger partial charge in [-0.2, -0.15) is 0 Å². The van der Waals surface area contributed by atoms with Gasteiger partial charge in [-0.15, -0.1) is 0 Å². The second-order valence-electron chi connectivity index (χ2n) is 7.22. The summed E-state index contributed by atoms with van der Waals surface area (Å²) in [6.45, 7) is 3.23.